The van der Waals surface area contributed by atoms with Crippen LogP contribution in [0.3, 0.4) is 0 Å². The van der Waals surface area contributed by atoms with Crippen LogP contribution in [0, 0.1) is 6.92 Å². The van der Waals surface area contributed by atoms with Crippen LogP contribution in [0.2, 0.25) is 0 Å². The van der Waals surface area contributed by atoms with E-state index in [1.54, 1.807) is 0 Å². The van der Waals surface area contributed by atoms with Crippen molar-refractivity contribution in [2.24, 2.45) is 0 Å². The van der Waals surface area contributed by atoms with E-state index in [1.165, 1.54) is 25.9 Å². The van der Waals surface area contributed by atoms with E-state index in [4.69, 9.17) is 5.73 Å². The lowest BCUT2D eigenvalue weighted by atomic mass is 10.1. The second-order valence-electron chi connectivity index (χ2n) is 5.80. The Kier molecular flexibility index (Phi) is 2.33. The first-order valence-corrected chi connectivity index (χ1v) is 7.08. The van der Waals surface area contributed by atoms with Crippen molar-refractivity contribution >= 4 is 17.1 Å². The van der Waals surface area contributed by atoms with E-state index in [1.807, 2.05) is 13.1 Å². The second-order valence-corrected chi connectivity index (χ2v) is 5.80. The maximum absolute atomic E-state index is 6.16. The molecule has 0 aliphatic carbocycles. The highest BCUT2D eigenvalue weighted by Gasteiger charge is 2.39. The Hall–Kier alpha value is -1.62. The number of imidazole rings is 1. The Bertz CT molecular complexity index is 632. The summed E-state index contributed by atoms with van der Waals surface area (Å²) in [6, 6.07) is 3.14. The quantitative estimate of drug-likeness (QED) is 0.845. The van der Waals surface area contributed by atoms with Gasteiger partial charge < -0.3 is 5.73 Å². The molecule has 0 radical (unpaired) electrons. The van der Waals surface area contributed by atoms with E-state index in [9.17, 15) is 0 Å². The molecule has 19 heavy (non-hydrogen) atoms. The number of pyridine rings is 1. The van der Waals surface area contributed by atoms with Crippen LogP contribution >= 0.6 is 0 Å². The number of hydrogen-bond donors (Lipinski definition) is 1. The predicted octanol–water partition coefficient (Wildman–Crippen LogP) is 1.73. The first-order chi connectivity index (χ1) is 9.24. The number of hydrogen-bond acceptors (Lipinski definition) is 4. The Morgan fingerprint density at radius 3 is 3.05 bits per heavy atom. The summed E-state index contributed by atoms with van der Waals surface area (Å²) in [7, 11) is 0. The number of fused-ring (bicyclic) bond motifs is 2. The molecule has 2 aromatic rings. The topological polar surface area (TPSA) is 60.0 Å². The molecule has 5 heteroatoms. The van der Waals surface area contributed by atoms with Gasteiger partial charge in [0.25, 0.3) is 0 Å². The van der Waals surface area contributed by atoms with Crippen molar-refractivity contribution in [3.05, 3.63) is 17.8 Å². The first kappa shape index (κ1) is 11.2. The number of aromatic nitrogens is 3. The summed E-state index contributed by atoms with van der Waals surface area (Å²) in [5, 5.41) is 0. The molecule has 2 atom stereocenters. The van der Waals surface area contributed by atoms with Gasteiger partial charge in [0.15, 0.2) is 5.65 Å². The van der Waals surface area contributed by atoms with Gasteiger partial charge >= 0.3 is 0 Å². The average molecular weight is 257 g/mol. The fraction of sp³-hybridized carbons (Fsp3) is 0.571. The van der Waals surface area contributed by atoms with Gasteiger partial charge in [-0.2, -0.15) is 0 Å². The molecule has 2 aliphatic heterocycles. The van der Waals surface area contributed by atoms with E-state index in [2.05, 4.69) is 25.5 Å². The minimum Gasteiger partial charge on any atom is -0.369 e. The number of nitrogen functional groups attached to an aromatic ring is 1. The fourth-order valence-corrected chi connectivity index (χ4v) is 3.78. The van der Waals surface area contributed by atoms with E-state index < -0.39 is 0 Å². The van der Waals surface area contributed by atoms with Crippen molar-refractivity contribution in [2.75, 3.05) is 18.8 Å². The summed E-state index contributed by atoms with van der Waals surface area (Å²) in [5.74, 6) is 0.617. The number of nitrogens with zero attached hydrogens (tertiary/aromatic N) is 4. The van der Waals surface area contributed by atoms with Crippen LogP contribution in [-0.2, 0) is 0 Å². The Morgan fingerprint density at radius 2 is 2.16 bits per heavy atom. The zero-order valence-corrected chi connectivity index (χ0v) is 11.2. The largest absolute Gasteiger partial charge is 0.369 e. The molecule has 0 spiro atoms. The Labute approximate surface area is 112 Å². The zero-order chi connectivity index (χ0) is 13.0. The zero-order valence-electron chi connectivity index (χ0n) is 11.2. The molecular formula is C14H19N5. The molecule has 4 heterocycles. The SMILES string of the molecule is Cc1cnc2c(c1)nc(N)n2C1CCN2CCCC12. The third-order valence-corrected chi connectivity index (χ3v) is 4.60. The lowest BCUT2D eigenvalue weighted by Gasteiger charge is -2.22. The number of rotatable bonds is 1. The van der Waals surface area contributed by atoms with Crippen molar-refractivity contribution in [3.63, 3.8) is 0 Å². The summed E-state index contributed by atoms with van der Waals surface area (Å²) in [5.41, 5.74) is 9.16. The van der Waals surface area contributed by atoms with Gasteiger partial charge in [-0.1, -0.05) is 0 Å². The van der Waals surface area contributed by atoms with Gasteiger partial charge in [0.05, 0.1) is 6.04 Å². The summed E-state index contributed by atoms with van der Waals surface area (Å²) >= 11 is 0. The highest BCUT2D eigenvalue weighted by atomic mass is 15.3. The lowest BCUT2D eigenvalue weighted by Crippen LogP contribution is -2.28. The van der Waals surface area contributed by atoms with Crippen molar-refractivity contribution in [2.45, 2.75) is 38.3 Å². The molecule has 100 valence electrons. The van der Waals surface area contributed by atoms with Gasteiger partial charge in [-0.25, -0.2) is 9.97 Å². The number of anilines is 1. The van der Waals surface area contributed by atoms with Gasteiger partial charge in [0.2, 0.25) is 5.95 Å². The van der Waals surface area contributed by atoms with Crippen LogP contribution in [0.5, 0.6) is 0 Å². The van der Waals surface area contributed by atoms with E-state index >= 15 is 0 Å². The fourth-order valence-electron chi connectivity index (χ4n) is 3.78. The van der Waals surface area contributed by atoms with Crippen molar-refractivity contribution in [1.29, 1.82) is 0 Å². The van der Waals surface area contributed by atoms with Crippen LogP contribution < -0.4 is 5.73 Å². The maximum Gasteiger partial charge on any atom is 0.202 e. The molecule has 0 bridgehead atoms. The second kappa shape index (κ2) is 3.93. The predicted molar refractivity (Wildman–Crippen MR) is 74.9 cm³/mol. The highest BCUT2D eigenvalue weighted by molar-refractivity contribution is 5.75. The third kappa shape index (κ3) is 1.57. The standard InChI is InChI=1S/C14H19N5/c1-9-7-10-13(16-8-9)19(14(15)17-10)12-4-6-18-5-2-3-11(12)18/h7-8,11-12H,2-6H2,1H3,(H2,15,17). The van der Waals surface area contributed by atoms with Crippen LogP contribution in [0.25, 0.3) is 11.2 Å². The van der Waals surface area contributed by atoms with E-state index in [0.717, 1.165) is 23.1 Å². The molecule has 2 N–H and O–H groups in total. The van der Waals surface area contributed by atoms with Crippen LogP contribution in [0.1, 0.15) is 30.9 Å². The molecule has 2 aromatic heterocycles. The molecule has 0 amide bonds. The van der Waals surface area contributed by atoms with Crippen molar-refractivity contribution < 1.29 is 0 Å². The summed E-state index contributed by atoms with van der Waals surface area (Å²) in [4.78, 5) is 11.6. The molecule has 4 rings (SSSR count). The maximum atomic E-state index is 6.16. The van der Waals surface area contributed by atoms with Gasteiger partial charge in [-0.05, 0) is 44.4 Å². The first-order valence-electron chi connectivity index (χ1n) is 7.08. The van der Waals surface area contributed by atoms with Gasteiger partial charge in [-0.3, -0.25) is 9.47 Å². The van der Waals surface area contributed by atoms with Crippen molar-refractivity contribution in [3.8, 4) is 0 Å². The van der Waals surface area contributed by atoms with Crippen molar-refractivity contribution in [1.82, 2.24) is 19.4 Å². The monoisotopic (exact) mass is 257 g/mol. The third-order valence-electron chi connectivity index (χ3n) is 4.60. The smallest absolute Gasteiger partial charge is 0.202 e. The molecule has 0 aromatic carbocycles. The van der Waals surface area contributed by atoms with Gasteiger partial charge in [-0.15, -0.1) is 0 Å². The number of nitrogens with two attached hydrogens (primary N) is 1. The highest BCUT2D eigenvalue weighted by Crippen LogP contribution is 2.38. The molecule has 2 unspecified atom stereocenters. The van der Waals surface area contributed by atoms with Gasteiger partial charge in [0.1, 0.15) is 5.52 Å². The normalized spacial score (nSPS) is 27.2. The summed E-state index contributed by atoms with van der Waals surface area (Å²) in [6.45, 7) is 4.45. The van der Waals surface area contributed by atoms with Crippen LogP contribution in [0.15, 0.2) is 12.3 Å². The average Bonchev–Trinajstić information content (AvgIpc) is 3.02. The molecular weight excluding hydrogens is 238 g/mol. The summed E-state index contributed by atoms with van der Waals surface area (Å²) in [6.07, 6.45) is 5.65. The molecule has 2 saturated heterocycles. The molecule has 5 nitrogen and oxygen atoms in total. The summed E-state index contributed by atoms with van der Waals surface area (Å²) < 4.78 is 2.17. The van der Waals surface area contributed by atoms with Crippen LogP contribution in [0.4, 0.5) is 5.95 Å². The van der Waals surface area contributed by atoms with E-state index in [0.29, 0.717) is 18.0 Å². The molecule has 2 aliphatic rings. The van der Waals surface area contributed by atoms with E-state index in [-0.39, 0.29) is 0 Å². The minimum atomic E-state index is 0.447. The van der Waals surface area contributed by atoms with Crippen LogP contribution in [-0.4, -0.2) is 38.6 Å². The molecule has 2 fully saturated rings. The minimum absolute atomic E-state index is 0.447. The lowest BCUT2D eigenvalue weighted by molar-refractivity contribution is 0.293. The van der Waals surface area contributed by atoms with Gasteiger partial charge in [0, 0.05) is 18.8 Å². The molecule has 0 saturated carbocycles. The number of aryl methyl sites for hydroxylation is 1. The Morgan fingerprint density at radius 1 is 1.26 bits per heavy atom. The Balaban J connectivity index is 1.84.